The molecule has 6 heteroatoms. The second-order valence-electron chi connectivity index (χ2n) is 6.15. The van der Waals surface area contributed by atoms with Gasteiger partial charge in [-0.05, 0) is 36.8 Å². The van der Waals surface area contributed by atoms with Gasteiger partial charge in [-0.25, -0.2) is 4.68 Å². The molecule has 6 nitrogen and oxygen atoms in total. The summed E-state index contributed by atoms with van der Waals surface area (Å²) >= 11 is 0. The first-order chi connectivity index (χ1) is 12.2. The van der Waals surface area contributed by atoms with E-state index < -0.39 is 0 Å². The Kier molecular flexibility index (Phi) is 3.93. The second-order valence-corrected chi connectivity index (χ2v) is 6.15. The number of hydrogen-bond donors (Lipinski definition) is 0. The van der Waals surface area contributed by atoms with Gasteiger partial charge in [0.05, 0.1) is 25.0 Å². The molecule has 0 aliphatic carbocycles. The Hall–Kier alpha value is -3.15. The van der Waals surface area contributed by atoms with E-state index in [0.717, 1.165) is 17.0 Å². The molecule has 1 aromatic heterocycles. The van der Waals surface area contributed by atoms with Crippen molar-refractivity contribution in [2.75, 3.05) is 13.1 Å². The molecule has 4 rings (SSSR count). The van der Waals surface area contributed by atoms with Crippen molar-refractivity contribution in [2.45, 2.75) is 13.0 Å². The van der Waals surface area contributed by atoms with Crippen molar-refractivity contribution in [1.29, 1.82) is 0 Å². The van der Waals surface area contributed by atoms with Crippen molar-refractivity contribution in [2.24, 2.45) is 0 Å². The molecule has 1 aliphatic heterocycles. The van der Waals surface area contributed by atoms with Crippen LogP contribution < -0.4 is 4.74 Å². The van der Waals surface area contributed by atoms with E-state index in [2.05, 4.69) is 10.3 Å². The summed E-state index contributed by atoms with van der Waals surface area (Å²) < 4.78 is 7.49. The van der Waals surface area contributed by atoms with Crippen LogP contribution in [0.5, 0.6) is 5.75 Å². The molecule has 0 saturated carbocycles. The van der Waals surface area contributed by atoms with Crippen molar-refractivity contribution >= 4 is 5.91 Å². The van der Waals surface area contributed by atoms with E-state index in [0.29, 0.717) is 18.8 Å². The highest BCUT2D eigenvalue weighted by molar-refractivity contribution is 5.92. The van der Waals surface area contributed by atoms with Crippen molar-refractivity contribution < 1.29 is 9.53 Å². The van der Waals surface area contributed by atoms with E-state index in [4.69, 9.17) is 4.74 Å². The van der Waals surface area contributed by atoms with Crippen LogP contribution in [0.3, 0.4) is 0 Å². The van der Waals surface area contributed by atoms with Crippen LogP contribution in [-0.4, -0.2) is 45.0 Å². The van der Waals surface area contributed by atoms with Gasteiger partial charge >= 0.3 is 0 Å². The summed E-state index contributed by atoms with van der Waals surface area (Å²) in [7, 11) is 0. The highest BCUT2D eigenvalue weighted by Gasteiger charge is 2.34. The molecule has 126 valence electrons. The topological polar surface area (TPSA) is 60.2 Å². The lowest BCUT2D eigenvalue weighted by Gasteiger charge is -2.38. The summed E-state index contributed by atoms with van der Waals surface area (Å²) in [6.07, 6.45) is 1.68. The Balaban J connectivity index is 1.36. The van der Waals surface area contributed by atoms with Crippen molar-refractivity contribution in [3.8, 4) is 11.4 Å². The predicted molar refractivity (Wildman–Crippen MR) is 92.9 cm³/mol. The van der Waals surface area contributed by atoms with Crippen molar-refractivity contribution in [3.63, 3.8) is 0 Å². The molecule has 3 aromatic rings. The Labute approximate surface area is 145 Å². The SMILES string of the molecule is Cc1cccc(OC2CN(C(=O)c3cn(-c4ccccc4)nn3)C2)c1. The quantitative estimate of drug-likeness (QED) is 0.735. The Morgan fingerprint density at radius 2 is 1.92 bits per heavy atom. The largest absolute Gasteiger partial charge is 0.487 e. The lowest BCUT2D eigenvalue weighted by molar-refractivity contribution is 0.0173. The number of benzene rings is 2. The fourth-order valence-electron chi connectivity index (χ4n) is 2.79. The molecular weight excluding hydrogens is 316 g/mol. The molecule has 0 atom stereocenters. The number of para-hydroxylation sites is 1. The van der Waals surface area contributed by atoms with Gasteiger partial charge in [-0.2, -0.15) is 0 Å². The molecule has 0 radical (unpaired) electrons. The maximum atomic E-state index is 12.5. The molecule has 0 bridgehead atoms. The maximum absolute atomic E-state index is 12.5. The van der Waals surface area contributed by atoms with Crippen LogP contribution in [0.25, 0.3) is 5.69 Å². The zero-order chi connectivity index (χ0) is 17.2. The summed E-state index contributed by atoms with van der Waals surface area (Å²) in [6, 6.07) is 17.5. The number of amides is 1. The Bertz CT molecular complexity index is 885. The van der Waals surface area contributed by atoms with E-state index in [-0.39, 0.29) is 12.0 Å². The fourth-order valence-corrected chi connectivity index (χ4v) is 2.79. The molecule has 0 N–H and O–H groups in total. The third-order valence-corrected chi connectivity index (χ3v) is 4.16. The van der Waals surface area contributed by atoms with E-state index >= 15 is 0 Å². The van der Waals surface area contributed by atoms with Crippen LogP contribution in [0, 0.1) is 6.92 Å². The van der Waals surface area contributed by atoms with Crippen LogP contribution in [0.4, 0.5) is 0 Å². The highest BCUT2D eigenvalue weighted by atomic mass is 16.5. The number of nitrogens with zero attached hydrogens (tertiary/aromatic N) is 4. The van der Waals surface area contributed by atoms with Crippen LogP contribution in [0.1, 0.15) is 16.1 Å². The maximum Gasteiger partial charge on any atom is 0.276 e. The zero-order valence-electron chi connectivity index (χ0n) is 13.9. The summed E-state index contributed by atoms with van der Waals surface area (Å²) in [4.78, 5) is 14.2. The molecule has 1 amide bonds. The second kappa shape index (κ2) is 6.39. The van der Waals surface area contributed by atoms with E-state index in [1.807, 2.05) is 61.5 Å². The van der Waals surface area contributed by atoms with E-state index in [1.54, 1.807) is 15.8 Å². The Morgan fingerprint density at radius 3 is 2.68 bits per heavy atom. The van der Waals surface area contributed by atoms with E-state index in [1.165, 1.54) is 0 Å². The average molecular weight is 334 g/mol. The normalized spacial score (nSPS) is 14.2. The van der Waals surface area contributed by atoms with E-state index in [9.17, 15) is 4.79 Å². The van der Waals surface area contributed by atoms with Crippen LogP contribution >= 0.6 is 0 Å². The van der Waals surface area contributed by atoms with Crippen LogP contribution in [0.2, 0.25) is 0 Å². The molecule has 0 spiro atoms. The number of ether oxygens (including phenoxy) is 1. The van der Waals surface area contributed by atoms with Gasteiger partial charge in [0.2, 0.25) is 0 Å². The number of rotatable bonds is 4. The summed E-state index contributed by atoms with van der Waals surface area (Å²) in [5, 5.41) is 8.03. The lowest BCUT2D eigenvalue weighted by atomic mass is 10.1. The molecular formula is C19H18N4O2. The summed E-state index contributed by atoms with van der Waals surface area (Å²) in [5.41, 5.74) is 2.37. The van der Waals surface area contributed by atoms with Crippen LogP contribution in [-0.2, 0) is 0 Å². The standard InChI is InChI=1S/C19H18N4O2/c1-14-6-5-9-16(10-14)25-17-11-22(12-17)19(24)18-13-23(21-20-18)15-7-3-2-4-8-15/h2-10,13,17H,11-12H2,1H3. The lowest BCUT2D eigenvalue weighted by Crippen LogP contribution is -2.56. The first kappa shape index (κ1) is 15.4. The van der Waals surface area contributed by atoms with Gasteiger partial charge in [0, 0.05) is 0 Å². The van der Waals surface area contributed by atoms with Gasteiger partial charge in [-0.1, -0.05) is 35.5 Å². The monoisotopic (exact) mass is 334 g/mol. The third-order valence-electron chi connectivity index (χ3n) is 4.16. The van der Waals surface area contributed by atoms with Crippen molar-refractivity contribution in [3.05, 3.63) is 72.1 Å². The van der Waals surface area contributed by atoms with Gasteiger partial charge in [-0.3, -0.25) is 4.79 Å². The molecule has 0 unspecified atom stereocenters. The van der Waals surface area contributed by atoms with Gasteiger partial charge in [0.15, 0.2) is 5.69 Å². The molecule has 1 aliphatic rings. The number of aromatic nitrogens is 3. The number of carbonyl (C=O) groups excluding carboxylic acids is 1. The molecule has 25 heavy (non-hydrogen) atoms. The van der Waals surface area contributed by atoms with Gasteiger partial charge in [0.25, 0.3) is 5.91 Å². The minimum atomic E-state index is -0.119. The first-order valence-electron chi connectivity index (χ1n) is 8.19. The van der Waals surface area contributed by atoms with Crippen molar-refractivity contribution in [1.82, 2.24) is 19.9 Å². The van der Waals surface area contributed by atoms with Gasteiger partial charge in [-0.15, -0.1) is 5.10 Å². The van der Waals surface area contributed by atoms with Crippen LogP contribution in [0.15, 0.2) is 60.8 Å². The number of carbonyl (C=O) groups is 1. The molecule has 2 heterocycles. The number of aryl methyl sites for hydroxylation is 1. The average Bonchev–Trinajstić information content (AvgIpc) is 3.08. The molecule has 1 saturated heterocycles. The zero-order valence-corrected chi connectivity index (χ0v) is 13.9. The Morgan fingerprint density at radius 1 is 1.12 bits per heavy atom. The first-order valence-corrected chi connectivity index (χ1v) is 8.19. The fraction of sp³-hybridized carbons (Fsp3) is 0.211. The number of likely N-dealkylation sites (tertiary alicyclic amines) is 1. The highest BCUT2D eigenvalue weighted by Crippen LogP contribution is 2.20. The molecule has 2 aromatic carbocycles. The third kappa shape index (κ3) is 3.24. The predicted octanol–water partition coefficient (Wildman–Crippen LogP) is 2.48. The number of hydrogen-bond acceptors (Lipinski definition) is 4. The van der Waals surface area contributed by atoms with Gasteiger partial charge in [0.1, 0.15) is 11.9 Å². The minimum Gasteiger partial charge on any atom is -0.487 e. The minimum absolute atomic E-state index is 0.0231. The summed E-state index contributed by atoms with van der Waals surface area (Å²) in [6.45, 7) is 3.15. The summed E-state index contributed by atoms with van der Waals surface area (Å²) in [5.74, 6) is 0.721. The van der Waals surface area contributed by atoms with Gasteiger partial charge < -0.3 is 9.64 Å². The smallest absolute Gasteiger partial charge is 0.276 e. The molecule has 1 fully saturated rings.